The highest BCUT2D eigenvalue weighted by atomic mass is 32.2. The summed E-state index contributed by atoms with van der Waals surface area (Å²) in [5.74, 6) is 0. The van der Waals surface area contributed by atoms with E-state index in [1.807, 2.05) is 13.8 Å². The third kappa shape index (κ3) is 2.67. The van der Waals surface area contributed by atoms with Crippen LogP contribution >= 0.6 is 0 Å². The molecule has 7 nitrogen and oxygen atoms in total. The molecule has 110 valence electrons. The fourth-order valence-corrected chi connectivity index (χ4v) is 4.06. The van der Waals surface area contributed by atoms with Crippen molar-refractivity contribution in [1.29, 1.82) is 0 Å². The Morgan fingerprint density at radius 3 is 2.40 bits per heavy atom. The molecule has 1 aromatic carbocycles. The second kappa shape index (κ2) is 5.12. The van der Waals surface area contributed by atoms with E-state index in [2.05, 4.69) is 5.32 Å². The Morgan fingerprint density at radius 2 is 1.90 bits per heavy atom. The van der Waals surface area contributed by atoms with Gasteiger partial charge in [0.15, 0.2) is 0 Å². The van der Waals surface area contributed by atoms with Crippen molar-refractivity contribution in [2.45, 2.75) is 24.3 Å². The van der Waals surface area contributed by atoms with Crippen molar-refractivity contribution in [3.05, 3.63) is 34.4 Å². The molecule has 1 fully saturated rings. The van der Waals surface area contributed by atoms with E-state index in [-0.39, 0.29) is 10.6 Å². The number of nitrogens with one attached hydrogen (secondary N) is 1. The molecule has 1 aromatic rings. The maximum absolute atomic E-state index is 12.6. The monoisotopic (exact) mass is 299 g/mol. The van der Waals surface area contributed by atoms with Crippen LogP contribution in [0, 0.1) is 10.1 Å². The molecule has 1 N–H and O–H groups in total. The minimum atomic E-state index is -3.64. The van der Waals surface area contributed by atoms with Gasteiger partial charge in [0.1, 0.15) is 0 Å². The van der Waals surface area contributed by atoms with Crippen molar-refractivity contribution in [3.63, 3.8) is 0 Å². The van der Waals surface area contributed by atoms with E-state index in [0.29, 0.717) is 19.6 Å². The molecule has 1 saturated heterocycles. The molecule has 0 unspecified atom stereocenters. The van der Waals surface area contributed by atoms with Crippen LogP contribution in [-0.4, -0.2) is 42.8 Å². The van der Waals surface area contributed by atoms with Gasteiger partial charge in [0.2, 0.25) is 10.0 Å². The van der Waals surface area contributed by atoms with Crippen LogP contribution in [0.15, 0.2) is 29.2 Å². The Kier molecular flexibility index (Phi) is 3.81. The zero-order valence-corrected chi connectivity index (χ0v) is 12.2. The summed E-state index contributed by atoms with van der Waals surface area (Å²) >= 11 is 0. The number of hydrogen-bond donors (Lipinski definition) is 1. The lowest BCUT2D eigenvalue weighted by atomic mass is 10.0. The Labute approximate surface area is 117 Å². The number of nitrogens with zero attached hydrogens (tertiary/aromatic N) is 2. The normalized spacial score (nSPS) is 19.7. The van der Waals surface area contributed by atoms with Gasteiger partial charge in [-0.25, -0.2) is 8.42 Å². The molecule has 0 saturated carbocycles. The summed E-state index contributed by atoms with van der Waals surface area (Å²) in [6, 6.07) is 4.99. The highest BCUT2D eigenvalue weighted by Gasteiger charge is 2.38. The zero-order chi connectivity index (χ0) is 15.0. The van der Waals surface area contributed by atoms with E-state index in [1.165, 1.54) is 28.6 Å². The first-order valence-electron chi connectivity index (χ1n) is 6.23. The first kappa shape index (κ1) is 14.9. The molecule has 2 rings (SSSR count). The quantitative estimate of drug-likeness (QED) is 0.663. The first-order chi connectivity index (χ1) is 9.25. The summed E-state index contributed by atoms with van der Waals surface area (Å²) < 4.78 is 26.7. The number of nitro benzene ring substituents is 1. The van der Waals surface area contributed by atoms with E-state index >= 15 is 0 Å². The smallest absolute Gasteiger partial charge is 0.269 e. The van der Waals surface area contributed by atoms with Crippen molar-refractivity contribution in [2.24, 2.45) is 0 Å². The van der Waals surface area contributed by atoms with Gasteiger partial charge in [0.25, 0.3) is 5.69 Å². The van der Waals surface area contributed by atoms with Crippen LogP contribution in [-0.2, 0) is 10.0 Å². The molecule has 20 heavy (non-hydrogen) atoms. The van der Waals surface area contributed by atoms with Gasteiger partial charge in [-0.15, -0.1) is 0 Å². The average Bonchev–Trinajstić information content (AvgIpc) is 2.38. The number of sulfonamides is 1. The topological polar surface area (TPSA) is 92.6 Å². The highest BCUT2D eigenvalue weighted by molar-refractivity contribution is 7.89. The van der Waals surface area contributed by atoms with E-state index in [4.69, 9.17) is 0 Å². The summed E-state index contributed by atoms with van der Waals surface area (Å²) in [5.41, 5.74) is -0.651. The van der Waals surface area contributed by atoms with E-state index in [1.54, 1.807) is 0 Å². The average molecular weight is 299 g/mol. The second-order valence-corrected chi connectivity index (χ2v) is 7.18. The summed E-state index contributed by atoms with van der Waals surface area (Å²) in [5, 5.41) is 13.8. The molecular weight excluding hydrogens is 282 g/mol. The summed E-state index contributed by atoms with van der Waals surface area (Å²) in [4.78, 5) is 10.1. The predicted octanol–water partition coefficient (Wildman–Crippen LogP) is 0.967. The molecule has 0 radical (unpaired) electrons. The molecule has 1 aliphatic heterocycles. The zero-order valence-electron chi connectivity index (χ0n) is 11.4. The lowest BCUT2D eigenvalue weighted by Crippen LogP contribution is -2.59. The maximum Gasteiger partial charge on any atom is 0.269 e. The second-order valence-electron chi connectivity index (χ2n) is 5.32. The van der Waals surface area contributed by atoms with Crippen LogP contribution in [0.3, 0.4) is 0 Å². The third-order valence-corrected chi connectivity index (χ3v) is 5.48. The van der Waals surface area contributed by atoms with Crippen LogP contribution < -0.4 is 5.32 Å². The maximum atomic E-state index is 12.6. The first-order valence-corrected chi connectivity index (χ1v) is 7.67. The summed E-state index contributed by atoms with van der Waals surface area (Å²) in [7, 11) is -3.64. The van der Waals surface area contributed by atoms with Gasteiger partial charge in [0, 0.05) is 37.3 Å². The summed E-state index contributed by atoms with van der Waals surface area (Å²) in [6.07, 6.45) is 0. The molecule has 0 atom stereocenters. The SMILES string of the molecule is CC1(C)CNCCN1S(=O)(=O)c1ccc([N+](=O)[O-])cc1. The number of non-ortho nitro benzene ring substituents is 1. The largest absolute Gasteiger partial charge is 0.314 e. The lowest BCUT2D eigenvalue weighted by Gasteiger charge is -2.41. The Bertz CT molecular complexity index is 610. The van der Waals surface area contributed by atoms with Gasteiger partial charge in [-0.1, -0.05) is 0 Å². The molecule has 0 amide bonds. The van der Waals surface area contributed by atoms with Gasteiger partial charge >= 0.3 is 0 Å². The Balaban J connectivity index is 2.36. The molecule has 0 aromatic heterocycles. The van der Waals surface area contributed by atoms with Crippen molar-refractivity contribution >= 4 is 15.7 Å². The molecule has 0 bridgehead atoms. The van der Waals surface area contributed by atoms with E-state index in [9.17, 15) is 18.5 Å². The number of nitro groups is 1. The van der Waals surface area contributed by atoms with Crippen LogP contribution in [0.2, 0.25) is 0 Å². The van der Waals surface area contributed by atoms with Crippen LogP contribution in [0.4, 0.5) is 5.69 Å². The minimum absolute atomic E-state index is 0.0816. The predicted molar refractivity (Wildman–Crippen MR) is 73.9 cm³/mol. The van der Waals surface area contributed by atoms with Gasteiger partial charge < -0.3 is 5.32 Å². The fraction of sp³-hybridized carbons (Fsp3) is 0.500. The number of rotatable bonds is 3. The van der Waals surface area contributed by atoms with Crippen LogP contribution in [0.5, 0.6) is 0 Å². The van der Waals surface area contributed by atoms with Crippen molar-refractivity contribution < 1.29 is 13.3 Å². The molecule has 1 aliphatic rings. The van der Waals surface area contributed by atoms with Crippen LogP contribution in [0.1, 0.15) is 13.8 Å². The van der Waals surface area contributed by atoms with E-state index < -0.39 is 20.5 Å². The summed E-state index contributed by atoms with van der Waals surface area (Å²) in [6.45, 7) is 5.24. The molecule has 8 heteroatoms. The highest BCUT2D eigenvalue weighted by Crippen LogP contribution is 2.26. The standard InChI is InChI=1S/C12H17N3O4S/c1-12(2)9-13-7-8-14(12)20(18,19)11-5-3-10(4-6-11)15(16)17/h3-6,13H,7-9H2,1-2H3. The molecule has 0 spiro atoms. The number of benzene rings is 1. The fourth-order valence-electron chi connectivity index (χ4n) is 2.28. The van der Waals surface area contributed by atoms with Gasteiger partial charge in [-0.3, -0.25) is 10.1 Å². The number of piperazine rings is 1. The minimum Gasteiger partial charge on any atom is -0.314 e. The third-order valence-electron chi connectivity index (χ3n) is 3.36. The van der Waals surface area contributed by atoms with Gasteiger partial charge in [-0.2, -0.15) is 4.31 Å². The number of hydrogen-bond acceptors (Lipinski definition) is 5. The molecule has 1 heterocycles. The molecule has 0 aliphatic carbocycles. The Hall–Kier alpha value is -1.51. The van der Waals surface area contributed by atoms with Gasteiger partial charge in [-0.05, 0) is 26.0 Å². The van der Waals surface area contributed by atoms with E-state index in [0.717, 1.165) is 0 Å². The van der Waals surface area contributed by atoms with Crippen molar-refractivity contribution in [1.82, 2.24) is 9.62 Å². The van der Waals surface area contributed by atoms with Crippen molar-refractivity contribution in [3.8, 4) is 0 Å². The Morgan fingerprint density at radius 1 is 1.30 bits per heavy atom. The lowest BCUT2D eigenvalue weighted by molar-refractivity contribution is -0.384. The van der Waals surface area contributed by atoms with Crippen LogP contribution in [0.25, 0.3) is 0 Å². The van der Waals surface area contributed by atoms with Gasteiger partial charge in [0.05, 0.1) is 9.82 Å². The van der Waals surface area contributed by atoms with Crippen molar-refractivity contribution in [2.75, 3.05) is 19.6 Å². The molecular formula is C12H17N3O4S.